The van der Waals surface area contributed by atoms with Crippen LogP contribution in [0.15, 0.2) is 11.0 Å². The number of carbonyl (C=O) groups excluding carboxylic acids is 1. The fourth-order valence-corrected chi connectivity index (χ4v) is 1.32. The predicted octanol–water partition coefficient (Wildman–Crippen LogP) is -0.825. The van der Waals surface area contributed by atoms with Gasteiger partial charge in [-0.3, -0.25) is 9.59 Å². The van der Waals surface area contributed by atoms with Gasteiger partial charge in [0.2, 0.25) is 5.91 Å². The fourth-order valence-electron chi connectivity index (χ4n) is 1.12. The lowest BCUT2D eigenvalue weighted by Crippen LogP contribution is -2.34. The van der Waals surface area contributed by atoms with Gasteiger partial charge in [0, 0.05) is 0 Å². The highest BCUT2D eigenvalue weighted by atomic mass is 35.5. The molecule has 0 spiro atoms. The van der Waals surface area contributed by atoms with Crippen molar-refractivity contribution in [2.45, 2.75) is 19.5 Å². The maximum absolute atomic E-state index is 11.6. The number of rotatable bonds is 5. The van der Waals surface area contributed by atoms with Crippen LogP contribution in [0.2, 0.25) is 5.02 Å². The molecule has 1 atom stereocenters. The zero-order valence-corrected chi connectivity index (χ0v) is 9.94. The molecule has 0 aromatic carbocycles. The molecule has 1 heterocycles. The molecule has 0 radical (unpaired) electrons. The van der Waals surface area contributed by atoms with Crippen LogP contribution in [0.5, 0.6) is 0 Å². The molecular weight excluding hydrogens is 248 g/mol. The third-order valence-corrected chi connectivity index (χ3v) is 2.46. The third-order valence-electron chi connectivity index (χ3n) is 2.10. The number of nitrogens with two attached hydrogens (primary N) is 1. The Balaban J connectivity index is 3.00. The van der Waals surface area contributed by atoms with E-state index in [2.05, 4.69) is 10.4 Å². The van der Waals surface area contributed by atoms with Gasteiger partial charge >= 0.3 is 0 Å². The molecule has 0 aliphatic carbocycles. The van der Waals surface area contributed by atoms with Crippen LogP contribution in [0.1, 0.15) is 6.92 Å². The van der Waals surface area contributed by atoms with E-state index in [1.54, 1.807) is 0 Å². The largest absolute Gasteiger partial charge is 0.394 e. The summed E-state index contributed by atoms with van der Waals surface area (Å²) in [5.41, 5.74) is 4.76. The van der Waals surface area contributed by atoms with Gasteiger partial charge in [-0.2, -0.15) is 5.10 Å². The van der Waals surface area contributed by atoms with Gasteiger partial charge in [0.15, 0.2) is 0 Å². The Kier molecular flexibility index (Phi) is 4.47. The lowest BCUT2D eigenvalue weighted by Gasteiger charge is -2.13. The molecule has 17 heavy (non-hydrogen) atoms. The molecule has 1 rings (SSSR count). The number of aromatic nitrogens is 2. The molecule has 0 saturated heterocycles. The van der Waals surface area contributed by atoms with Crippen LogP contribution in [0.25, 0.3) is 0 Å². The number of aliphatic hydroxyl groups excluding tert-OH is 1. The second-order valence-corrected chi connectivity index (χ2v) is 3.77. The third kappa shape index (κ3) is 3.18. The lowest BCUT2D eigenvalue weighted by atomic mass is 10.3. The van der Waals surface area contributed by atoms with Crippen molar-refractivity contribution in [3.05, 3.63) is 21.6 Å². The van der Waals surface area contributed by atoms with Crippen molar-refractivity contribution < 1.29 is 9.90 Å². The number of anilines is 1. The molecule has 1 amide bonds. The summed E-state index contributed by atoms with van der Waals surface area (Å²) in [5, 5.41) is 15.1. The average Bonchev–Trinajstić information content (AvgIpc) is 2.28. The number of carbonyl (C=O) groups is 1. The van der Waals surface area contributed by atoms with Crippen LogP contribution in [-0.2, 0) is 11.3 Å². The molecule has 0 aliphatic heterocycles. The highest BCUT2D eigenvalue weighted by molar-refractivity contribution is 6.33. The molecule has 0 aliphatic rings. The van der Waals surface area contributed by atoms with Gasteiger partial charge in [-0.1, -0.05) is 11.6 Å². The number of hydrogen-bond donors (Lipinski definition) is 3. The van der Waals surface area contributed by atoms with Crippen molar-refractivity contribution in [3.63, 3.8) is 0 Å². The smallest absolute Gasteiger partial charge is 0.287 e. The minimum atomic E-state index is -0.664. The van der Waals surface area contributed by atoms with Gasteiger partial charge in [-0.15, -0.1) is 0 Å². The summed E-state index contributed by atoms with van der Waals surface area (Å²) < 4.78 is 1.03. The Hall–Kier alpha value is -1.60. The summed E-state index contributed by atoms with van der Waals surface area (Å²) in [6.45, 7) is 1.38. The first-order valence-corrected chi connectivity index (χ1v) is 5.27. The number of nitrogens with zero attached hydrogens (tertiary/aromatic N) is 2. The molecule has 0 bridgehead atoms. The van der Waals surface area contributed by atoms with Crippen LogP contribution < -0.4 is 16.6 Å². The number of halogens is 1. The van der Waals surface area contributed by atoms with Crippen molar-refractivity contribution in [1.82, 2.24) is 9.78 Å². The second-order valence-electron chi connectivity index (χ2n) is 3.39. The fraction of sp³-hybridized carbons (Fsp3) is 0.444. The van der Waals surface area contributed by atoms with Crippen molar-refractivity contribution >= 4 is 23.2 Å². The SMILES string of the molecule is CC(Nc1cnn(CCO)c(=O)c1Cl)C(N)=O. The van der Waals surface area contributed by atoms with E-state index in [1.165, 1.54) is 13.1 Å². The summed E-state index contributed by atoms with van der Waals surface area (Å²) >= 11 is 5.81. The normalized spacial score (nSPS) is 12.2. The number of nitrogens with one attached hydrogen (secondary N) is 1. The first kappa shape index (κ1) is 13.5. The van der Waals surface area contributed by atoms with E-state index >= 15 is 0 Å². The summed E-state index contributed by atoms with van der Waals surface area (Å²) in [5.74, 6) is -0.569. The van der Waals surface area contributed by atoms with Gasteiger partial charge < -0.3 is 16.2 Å². The maximum atomic E-state index is 11.6. The van der Waals surface area contributed by atoms with Crippen LogP contribution in [0, 0.1) is 0 Å². The molecule has 1 aromatic rings. The number of amides is 1. The molecule has 0 fully saturated rings. The Morgan fingerprint density at radius 1 is 1.76 bits per heavy atom. The predicted molar refractivity (Wildman–Crippen MR) is 62.9 cm³/mol. The van der Waals surface area contributed by atoms with E-state index in [0.29, 0.717) is 0 Å². The van der Waals surface area contributed by atoms with E-state index in [9.17, 15) is 9.59 Å². The van der Waals surface area contributed by atoms with Crippen LogP contribution in [0.3, 0.4) is 0 Å². The monoisotopic (exact) mass is 260 g/mol. The van der Waals surface area contributed by atoms with Crippen molar-refractivity contribution in [1.29, 1.82) is 0 Å². The maximum Gasteiger partial charge on any atom is 0.287 e. The Morgan fingerprint density at radius 3 is 2.94 bits per heavy atom. The second kappa shape index (κ2) is 5.65. The first-order valence-electron chi connectivity index (χ1n) is 4.89. The average molecular weight is 261 g/mol. The summed E-state index contributed by atoms with van der Waals surface area (Å²) in [6.07, 6.45) is 1.30. The Morgan fingerprint density at radius 2 is 2.41 bits per heavy atom. The van der Waals surface area contributed by atoms with Crippen molar-refractivity contribution in [3.8, 4) is 0 Å². The van der Waals surface area contributed by atoms with Gasteiger partial charge in [0.1, 0.15) is 11.1 Å². The van der Waals surface area contributed by atoms with Gasteiger partial charge in [0.25, 0.3) is 5.56 Å². The van der Waals surface area contributed by atoms with Crippen LogP contribution >= 0.6 is 11.6 Å². The zero-order valence-electron chi connectivity index (χ0n) is 9.18. The highest BCUT2D eigenvalue weighted by Gasteiger charge is 2.13. The minimum absolute atomic E-state index is 0.0597. The summed E-state index contributed by atoms with van der Waals surface area (Å²) in [6, 6.07) is -0.664. The summed E-state index contributed by atoms with van der Waals surface area (Å²) in [4.78, 5) is 22.5. The van der Waals surface area contributed by atoms with Crippen molar-refractivity contribution in [2.24, 2.45) is 5.73 Å². The van der Waals surface area contributed by atoms with E-state index in [-0.39, 0.29) is 23.9 Å². The summed E-state index contributed by atoms with van der Waals surface area (Å²) in [7, 11) is 0. The Labute approximate surface area is 102 Å². The number of aliphatic hydroxyl groups is 1. The molecule has 1 aromatic heterocycles. The molecule has 94 valence electrons. The molecule has 1 unspecified atom stereocenters. The van der Waals surface area contributed by atoms with Crippen LogP contribution in [-0.4, -0.2) is 33.4 Å². The number of hydrogen-bond acceptors (Lipinski definition) is 5. The molecule has 0 saturated carbocycles. The van der Waals surface area contributed by atoms with Crippen LogP contribution in [0.4, 0.5) is 5.69 Å². The molecule has 7 nitrogen and oxygen atoms in total. The minimum Gasteiger partial charge on any atom is -0.394 e. The zero-order chi connectivity index (χ0) is 13.0. The molecule has 4 N–H and O–H groups in total. The molecule has 8 heteroatoms. The van der Waals surface area contributed by atoms with Crippen molar-refractivity contribution in [2.75, 3.05) is 11.9 Å². The topological polar surface area (TPSA) is 110 Å². The van der Waals surface area contributed by atoms with Gasteiger partial charge in [-0.25, -0.2) is 4.68 Å². The number of primary amides is 1. The molecular formula is C9H13ClN4O3. The highest BCUT2D eigenvalue weighted by Crippen LogP contribution is 2.15. The van der Waals surface area contributed by atoms with Gasteiger partial charge in [0.05, 0.1) is 25.0 Å². The van der Waals surface area contributed by atoms with E-state index in [0.717, 1.165) is 4.68 Å². The Bertz CT molecular complexity index is 474. The van der Waals surface area contributed by atoms with E-state index < -0.39 is 17.5 Å². The van der Waals surface area contributed by atoms with E-state index in [4.69, 9.17) is 22.4 Å². The van der Waals surface area contributed by atoms with Gasteiger partial charge in [-0.05, 0) is 6.92 Å². The lowest BCUT2D eigenvalue weighted by molar-refractivity contribution is -0.118. The quantitative estimate of drug-likeness (QED) is 0.640. The standard InChI is InChI=1S/C9H13ClN4O3/c1-5(8(11)16)13-6-4-12-14(2-3-15)9(17)7(6)10/h4-5,13,15H,2-3H2,1H3,(H2,11,16). The van der Waals surface area contributed by atoms with E-state index in [1.807, 2.05) is 0 Å². The first-order chi connectivity index (χ1) is 7.97.